The Kier molecular flexibility index (Phi) is 4.81. The van der Waals surface area contributed by atoms with Crippen LogP contribution < -0.4 is 0 Å². The van der Waals surface area contributed by atoms with Gasteiger partial charge in [-0.3, -0.25) is 9.69 Å². The summed E-state index contributed by atoms with van der Waals surface area (Å²) < 4.78 is 0. The van der Waals surface area contributed by atoms with E-state index in [0.717, 1.165) is 18.5 Å². The lowest BCUT2D eigenvalue weighted by molar-refractivity contribution is -0.144. The number of hydrogen-bond acceptors (Lipinski definition) is 2. The van der Waals surface area contributed by atoms with E-state index >= 15 is 0 Å². The zero-order valence-corrected chi connectivity index (χ0v) is 12.5. The van der Waals surface area contributed by atoms with Gasteiger partial charge in [-0.1, -0.05) is 43.7 Å². The minimum Gasteiger partial charge on any atom is -0.481 e. The molecule has 0 radical (unpaired) electrons. The summed E-state index contributed by atoms with van der Waals surface area (Å²) in [6, 6.07) is 10.2. The van der Waals surface area contributed by atoms with Gasteiger partial charge in [-0.15, -0.1) is 0 Å². The molecule has 3 nitrogen and oxygen atoms in total. The standard InChI is InChI=1S/C17H25NO2/c1-3-15-11-7-8-12-18(15)13-17(2,16(19)20)14-9-5-4-6-10-14/h4-6,9-10,15H,3,7-8,11-13H2,1-2H3,(H,19,20). The number of carboxylic acids is 1. The fourth-order valence-corrected chi connectivity index (χ4v) is 3.23. The first kappa shape index (κ1) is 15.0. The Morgan fingerprint density at radius 1 is 1.35 bits per heavy atom. The van der Waals surface area contributed by atoms with E-state index in [9.17, 15) is 9.90 Å². The van der Waals surface area contributed by atoms with E-state index in [1.807, 2.05) is 37.3 Å². The zero-order valence-electron chi connectivity index (χ0n) is 12.5. The summed E-state index contributed by atoms with van der Waals surface area (Å²) in [6.45, 7) is 5.68. The molecule has 1 N–H and O–H groups in total. The van der Waals surface area contributed by atoms with Crippen molar-refractivity contribution in [3.63, 3.8) is 0 Å². The number of piperidine rings is 1. The molecule has 0 aliphatic carbocycles. The second-order valence-electron chi connectivity index (χ2n) is 6.03. The van der Waals surface area contributed by atoms with Gasteiger partial charge in [0.05, 0.1) is 0 Å². The SMILES string of the molecule is CCC1CCCCN1CC(C)(C(=O)O)c1ccccc1. The maximum Gasteiger partial charge on any atom is 0.315 e. The Hall–Kier alpha value is -1.35. The van der Waals surface area contributed by atoms with E-state index in [1.54, 1.807) is 0 Å². The molecule has 3 heteroatoms. The van der Waals surface area contributed by atoms with Crippen LogP contribution in [-0.4, -0.2) is 35.1 Å². The van der Waals surface area contributed by atoms with Gasteiger partial charge in [-0.2, -0.15) is 0 Å². The molecule has 1 heterocycles. The van der Waals surface area contributed by atoms with Crippen LogP contribution in [0.25, 0.3) is 0 Å². The molecule has 2 unspecified atom stereocenters. The molecule has 1 aromatic rings. The third-order valence-electron chi connectivity index (χ3n) is 4.62. The molecule has 1 saturated heterocycles. The normalized spacial score (nSPS) is 23.2. The van der Waals surface area contributed by atoms with E-state index in [4.69, 9.17) is 0 Å². The lowest BCUT2D eigenvalue weighted by atomic mass is 9.81. The quantitative estimate of drug-likeness (QED) is 0.896. The Morgan fingerprint density at radius 3 is 2.65 bits per heavy atom. The zero-order chi connectivity index (χ0) is 14.6. The topological polar surface area (TPSA) is 40.5 Å². The van der Waals surface area contributed by atoms with Gasteiger partial charge < -0.3 is 5.11 Å². The molecule has 0 aromatic heterocycles. The Bertz CT molecular complexity index is 446. The van der Waals surface area contributed by atoms with Crippen molar-refractivity contribution in [2.45, 2.75) is 51.0 Å². The van der Waals surface area contributed by atoms with E-state index < -0.39 is 11.4 Å². The molecule has 1 aliphatic heterocycles. The smallest absolute Gasteiger partial charge is 0.315 e. The van der Waals surface area contributed by atoms with Gasteiger partial charge in [0.2, 0.25) is 0 Å². The minimum absolute atomic E-state index is 0.533. The predicted molar refractivity (Wildman–Crippen MR) is 80.9 cm³/mol. The van der Waals surface area contributed by atoms with Crippen LogP contribution in [0.5, 0.6) is 0 Å². The van der Waals surface area contributed by atoms with Crippen molar-refractivity contribution in [2.24, 2.45) is 0 Å². The van der Waals surface area contributed by atoms with Gasteiger partial charge >= 0.3 is 5.97 Å². The maximum atomic E-state index is 11.9. The maximum absolute atomic E-state index is 11.9. The van der Waals surface area contributed by atoms with Crippen molar-refractivity contribution in [1.29, 1.82) is 0 Å². The van der Waals surface area contributed by atoms with Crippen LogP contribution in [-0.2, 0) is 10.2 Å². The highest BCUT2D eigenvalue weighted by Crippen LogP contribution is 2.29. The Labute approximate surface area is 121 Å². The van der Waals surface area contributed by atoms with Gasteiger partial charge in [0, 0.05) is 12.6 Å². The van der Waals surface area contributed by atoms with E-state index in [0.29, 0.717) is 12.6 Å². The number of nitrogens with zero attached hydrogens (tertiary/aromatic N) is 1. The van der Waals surface area contributed by atoms with Crippen LogP contribution in [0.15, 0.2) is 30.3 Å². The fraction of sp³-hybridized carbons (Fsp3) is 0.588. The highest BCUT2D eigenvalue weighted by atomic mass is 16.4. The van der Waals surface area contributed by atoms with Crippen molar-refractivity contribution in [1.82, 2.24) is 4.90 Å². The number of likely N-dealkylation sites (tertiary alicyclic amines) is 1. The van der Waals surface area contributed by atoms with Gasteiger partial charge in [-0.05, 0) is 38.3 Å². The molecular weight excluding hydrogens is 250 g/mol. The average Bonchev–Trinajstić information content (AvgIpc) is 2.48. The van der Waals surface area contributed by atoms with Crippen molar-refractivity contribution in [2.75, 3.05) is 13.1 Å². The van der Waals surface area contributed by atoms with Crippen LogP contribution in [0.1, 0.15) is 45.1 Å². The van der Waals surface area contributed by atoms with Crippen LogP contribution in [0.2, 0.25) is 0 Å². The Morgan fingerprint density at radius 2 is 2.05 bits per heavy atom. The lowest BCUT2D eigenvalue weighted by Gasteiger charge is -2.40. The number of rotatable bonds is 5. The number of aliphatic carboxylic acids is 1. The summed E-state index contributed by atoms with van der Waals surface area (Å²) in [5.74, 6) is -0.732. The molecular formula is C17H25NO2. The first-order valence-corrected chi connectivity index (χ1v) is 7.61. The van der Waals surface area contributed by atoms with Gasteiger partial charge in [0.1, 0.15) is 5.41 Å². The van der Waals surface area contributed by atoms with Crippen molar-refractivity contribution >= 4 is 5.97 Å². The molecule has 0 bridgehead atoms. The predicted octanol–water partition coefficient (Wildman–Crippen LogP) is 3.29. The highest BCUT2D eigenvalue weighted by Gasteiger charge is 2.38. The van der Waals surface area contributed by atoms with Crippen LogP contribution in [0.3, 0.4) is 0 Å². The fourth-order valence-electron chi connectivity index (χ4n) is 3.23. The summed E-state index contributed by atoms with van der Waals surface area (Å²) in [7, 11) is 0. The summed E-state index contributed by atoms with van der Waals surface area (Å²) in [5, 5.41) is 9.75. The van der Waals surface area contributed by atoms with E-state index in [2.05, 4.69) is 11.8 Å². The van der Waals surface area contributed by atoms with Gasteiger partial charge in [0.15, 0.2) is 0 Å². The molecule has 1 fully saturated rings. The summed E-state index contributed by atoms with van der Waals surface area (Å²) in [4.78, 5) is 14.2. The molecule has 2 atom stereocenters. The van der Waals surface area contributed by atoms with E-state index in [-0.39, 0.29) is 0 Å². The molecule has 1 aliphatic rings. The van der Waals surface area contributed by atoms with Gasteiger partial charge in [-0.25, -0.2) is 0 Å². The van der Waals surface area contributed by atoms with Crippen molar-refractivity contribution in [3.8, 4) is 0 Å². The minimum atomic E-state index is -0.827. The van der Waals surface area contributed by atoms with Gasteiger partial charge in [0.25, 0.3) is 0 Å². The number of carbonyl (C=O) groups is 1. The van der Waals surface area contributed by atoms with Crippen LogP contribution >= 0.6 is 0 Å². The van der Waals surface area contributed by atoms with Crippen LogP contribution in [0, 0.1) is 0 Å². The lowest BCUT2D eigenvalue weighted by Crippen LogP contribution is -2.49. The second kappa shape index (κ2) is 6.40. The molecule has 110 valence electrons. The van der Waals surface area contributed by atoms with Crippen molar-refractivity contribution < 1.29 is 9.90 Å². The summed E-state index contributed by atoms with van der Waals surface area (Å²) in [5.41, 5.74) is 0.0689. The number of hydrogen-bond donors (Lipinski definition) is 1. The highest BCUT2D eigenvalue weighted by molar-refractivity contribution is 5.81. The third kappa shape index (κ3) is 3.04. The monoisotopic (exact) mass is 275 g/mol. The molecule has 0 amide bonds. The van der Waals surface area contributed by atoms with Crippen LogP contribution in [0.4, 0.5) is 0 Å². The third-order valence-corrected chi connectivity index (χ3v) is 4.62. The van der Waals surface area contributed by atoms with E-state index in [1.165, 1.54) is 19.3 Å². The molecule has 20 heavy (non-hydrogen) atoms. The molecule has 2 rings (SSSR count). The molecule has 1 aromatic carbocycles. The molecule has 0 spiro atoms. The number of benzene rings is 1. The molecule has 0 saturated carbocycles. The first-order valence-electron chi connectivity index (χ1n) is 7.61. The summed E-state index contributed by atoms with van der Waals surface area (Å²) in [6.07, 6.45) is 4.75. The van der Waals surface area contributed by atoms with Crippen molar-refractivity contribution in [3.05, 3.63) is 35.9 Å². The Balaban J connectivity index is 2.23. The number of carboxylic acid groups (broad SMARTS) is 1. The summed E-state index contributed by atoms with van der Waals surface area (Å²) >= 11 is 0. The average molecular weight is 275 g/mol. The largest absolute Gasteiger partial charge is 0.481 e. The second-order valence-corrected chi connectivity index (χ2v) is 6.03. The first-order chi connectivity index (χ1) is 9.58.